The zero-order valence-electron chi connectivity index (χ0n) is 12.5. The third kappa shape index (κ3) is 5.32. The normalized spacial score (nSPS) is 19.3. The maximum Gasteiger partial charge on any atom is 0.410 e. The van der Waals surface area contributed by atoms with E-state index >= 15 is 0 Å². The Morgan fingerprint density at radius 1 is 1.37 bits per heavy atom. The van der Waals surface area contributed by atoms with Crippen LogP contribution in [0.3, 0.4) is 0 Å². The molecule has 1 rings (SSSR count). The van der Waals surface area contributed by atoms with Crippen LogP contribution in [0.4, 0.5) is 4.79 Å². The van der Waals surface area contributed by atoms with Gasteiger partial charge in [0.05, 0.1) is 6.54 Å². The van der Waals surface area contributed by atoms with Crippen molar-refractivity contribution >= 4 is 11.9 Å². The Hall–Kier alpha value is -1.52. The molecule has 19 heavy (non-hydrogen) atoms. The zero-order valence-corrected chi connectivity index (χ0v) is 12.5. The second kappa shape index (κ2) is 6.08. The molecule has 0 aromatic carbocycles. The molecule has 1 fully saturated rings. The van der Waals surface area contributed by atoms with Gasteiger partial charge in [-0.25, -0.2) is 4.79 Å². The van der Waals surface area contributed by atoms with Gasteiger partial charge in [-0.2, -0.15) is 0 Å². The highest BCUT2D eigenvalue weighted by Gasteiger charge is 2.26. The number of likely N-dealkylation sites (tertiary alicyclic amines) is 1. The lowest BCUT2D eigenvalue weighted by atomic mass is 10.1. The molecule has 1 heterocycles. The summed E-state index contributed by atoms with van der Waals surface area (Å²) in [6.07, 6.45) is 2.60. The van der Waals surface area contributed by atoms with Crippen LogP contribution in [0.15, 0.2) is 11.8 Å². The lowest BCUT2D eigenvalue weighted by Crippen LogP contribution is -2.38. The Morgan fingerprint density at radius 2 is 2.00 bits per heavy atom. The van der Waals surface area contributed by atoms with Gasteiger partial charge in [-0.3, -0.25) is 4.79 Å². The number of ketones is 1. The zero-order chi connectivity index (χ0) is 14.6. The van der Waals surface area contributed by atoms with Crippen molar-refractivity contribution in [3.05, 3.63) is 11.8 Å². The van der Waals surface area contributed by atoms with E-state index < -0.39 is 5.60 Å². The van der Waals surface area contributed by atoms with E-state index in [0.29, 0.717) is 31.5 Å². The highest BCUT2D eigenvalue weighted by Crippen LogP contribution is 2.16. The van der Waals surface area contributed by atoms with Crippen molar-refractivity contribution in [3.8, 4) is 0 Å². The first kappa shape index (κ1) is 15.5. The van der Waals surface area contributed by atoms with Gasteiger partial charge in [0.1, 0.15) is 5.60 Å². The molecule has 0 unspecified atom stereocenters. The molecule has 0 bridgehead atoms. The Balaban J connectivity index is 2.80. The van der Waals surface area contributed by atoms with Crippen molar-refractivity contribution in [1.29, 1.82) is 0 Å². The summed E-state index contributed by atoms with van der Waals surface area (Å²) in [5, 5.41) is 0. The highest BCUT2D eigenvalue weighted by atomic mass is 16.6. The molecular formula is C14H24N2O3. The number of carbonyl (C=O) groups is 2. The summed E-state index contributed by atoms with van der Waals surface area (Å²) in [6, 6.07) is 0. The molecule has 0 aliphatic carbocycles. The van der Waals surface area contributed by atoms with E-state index in [4.69, 9.17) is 4.74 Å². The molecule has 0 radical (unpaired) electrons. The summed E-state index contributed by atoms with van der Waals surface area (Å²) in [7, 11) is 3.73. The predicted molar refractivity (Wildman–Crippen MR) is 73.8 cm³/mol. The van der Waals surface area contributed by atoms with Crippen LogP contribution in [0.1, 0.15) is 33.6 Å². The third-order valence-electron chi connectivity index (χ3n) is 2.62. The molecular weight excluding hydrogens is 244 g/mol. The number of hydrogen-bond donors (Lipinski definition) is 0. The SMILES string of the molecule is CN(C)/C=C1/CN(C(=O)OC(C)(C)C)CCCC1=O. The molecule has 1 saturated heterocycles. The van der Waals surface area contributed by atoms with E-state index in [0.717, 1.165) is 0 Å². The Labute approximate surface area is 115 Å². The van der Waals surface area contributed by atoms with Crippen LogP contribution in [-0.4, -0.2) is 54.5 Å². The second-order valence-corrected chi connectivity index (χ2v) is 6.05. The van der Waals surface area contributed by atoms with Crippen molar-refractivity contribution in [3.63, 3.8) is 0 Å². The van der Waals surface area contributed by atoms with Gasteiger partial charge in [-0.1, -0.05) is 0 Å². The fraction of sp³-hybridized carbons (Fsp3) is 0.714. The van der Waals surface area contributed by atoms with Gasteiger partial charge in [0.25, 0.3) is 0 Å². The smallest absolute Gasteiger partial charge is 0.410 e. The maximum absolute atomic E-state index is 12.1. The average Bonchev–Trinajstić information content (AvgIpc) is 2.38. The molecule has 0 aromatic rings. The minimum absolute atomic E-state index is 0.111. The Bertz CT molecular complexity index is 381. The van der Waals surface area contributed by atoms with Gasteiger partial charge >= 0.3 is 6.09 Å². The lowest BCUT2D eigenvalue weighted by Gasteiger charge is -2.26. The summed E-state index contributed by atoms with van der Waals surface area (Å²) in [5.41, 5.74) is 0.145. The van der Waals surface area contributed by atoms with Gasteiger partial charge in [0.2, 0.25) is 0 Å². The van der Waals surface area contributed by atoms with Crippen molar-refractivity contribution in [2.45, 2.75) is 39.2 Å². The summed E-state index contributed by atoms with van der Waals surface area (Å²) in [5.74, 6) is 0.111. The first-order valence-corrected chi connectivity index (χ1v) is 6.57. The largest absolute Gasteiger partial charge is 0.444 e. The quantitative estimate of drug-likeness (QED) is 0.683. The Morgan fingerprint density at radius 3 is 2.53 bits per heavy atom. The molecule has 0 atom stereocenters. The Kier molecular flexibility index (Phi) is 4.97. The molecule has 0 saturated carbocycles. The van der Waals surface area contributed by atoms with Crippen LogP contribution < -0.4 is 0 Å². The van der Waals surface area contributed by atoms with E-state index in [2.05, 4.69) is 0 Å². The fourth-order valence-corrected chi connectivity index (χ4v) is 1.87. The van der Waals surface area contributed by atoms with Crippen LogP contribution in [0.5, 0.6) is 0 Å². The van der Waals surface area contributed by atoms with Crippen LogP contribution in [-0.2, 0) is 9.53 Å². The molecule has 0 aromatic heterocycles. The van der Waals surface area contributed by atoms with Crippen LogP contribution in [0.2, 0.25) is 0 Å². The van der Waals surface area contributed by atoms with Crippen LogP contribution >= 0.6 is 0 Å². The molecule has 1 amide bonds. The molecule has 0 spiro atoms. The minimum atomic E-state index is -0.515. The van der Waals surface area contributed by atoms with E-state index in [1.807, 2.05) is 39.8 Å². The molecule has 5 nitrogen and oxygen atoms in total. The molecule has 1 aliphatic heterocycles. The van der Waals surface area contributed by atoms with Gasteiger partial charge in [0, 0.05) is 38.8 Å². The average molecular weight is 268 g/mol. The summed E-state index contributed by atoms with van der Waals surface area (Å²) < 4.78 is 5.36. The summed E-state index contributed by atoms with van der Waals surface area (Å²) in [4.78, 5) is 27.4. The predicted octanol–water partition coefficient (Wildman–Crippen LogP) is 2.03. The van der Waals surface area contributed by atoms with Crippen molar-refractivity contribution < 1.29 is 14.3 Å². The third-order valence-corrected chi connectivity index (χ3v) is 2.62. The number of ether oxygens (including phenoxy) is 1. The van der Waals surface area contributed by atoms with Gasteiger partial charge < -0.3 is 14.5 Å². The van der Waals surface area contributed by atoms with Gasteiger partial charge in [-0.05, 0) is 27.2 Å². The molecule has 5 heteroatoms. The molecule has 108 valence electrons. The number of rotatable bonds is 1. The van der Waals surface area contributed by atoms with Gasteiger partial charge in [0.15, 0.2) is 5.78 Å². The van der Waals surface area contributed by atoms with Gasteiger partial charge in [-0.15, -0.1) is 0 Å². The number of amides is 1. The second-order valence-electron chi connectivity index (χ2n) is 6.05. The maximum atomic E-state index is 12.1. The standard InChI is InChI=1S/C14H24N2O3/c1-14(2,3)19-13(18)16-8-6-7-12(17)11(10-16)9-15(4)5/h9H,6-8,10H2,1-5H3/b11-9-. The number of hydrogen-bond acceptors (Lipinski definition) is 4. The summed E-state index contributed by atoms with van der Waals surface area (Å²) in [6.45, 7) is 6.40. The van der Waals surface area contributed by atoms with Crippen LogP contribution in [0.25, 0.3) is 0 Å². The molecule has 1 aliphatic rings. The monoisotopic (exact) mass is 268 g/mol. The van der Waals surface area contributed by atoms with Crippen LogP contribution in [0, 0.1) is 0 Å². The fourth-order valence-electron chi connectivity index (χ4n) is 1.87. The topological polar surface area (TPSA) is 49.9 Å². The number of carbonyl (C=O) groups excluding carboxylic acids is 2. The van der Waals surface area contributed by atoms with E-state index in [1.54, 1.807) is 11.1 Å². The summed E-state index contributed by atoms with van der Waals surface area (Å²) >= 11 is 0. The van der Waals surface area contributed by atoms with Crippen molar-refractivity contribution in [2.75, 3.05) is 27.2 Å². The van der Waals surface area contributed by atoms with E-state index in [9.17, 15) is 9.59 Å². The van der Waals surface area contributed by atoms with E-state index in [-0.39, 0.29) is 11.9 Å². The molecule has 0 N–H and O–H groups in total. The highest BCUT2D eigenvalue weighted by molar-refractivity contribution is 5.96. The minimum Gasteiger partial charge on any atom is -0.444 e. The number of nitrogens with zero attached hydrogens (tertiary/aromatic N) is 2. The first-order chi connectivity index (χ1) is 8.69. The number of Topliss-reactive ketones (excluding diaryl/α,β-unsaturated/α-hetero) is 1. The first-order valence-electron chi connectivity index (χ1n) is 6.57. The van der Waals surface area contributed by atoms with Crippen molar-refractivity contribution in [1.82, 2.24) is 9.80 Å². The lowest BCUT2D eigenvalue weighted by molar-refractivity contribution is -0.115. The van der Waals surface area contributed by atoms with E-state index in [1.165, 1.54) is 0 Å². The van der Waals surface area contributed by atoms with Crippen molar-refractivity contribution in [2.24, 2.45) is 0 Å².